The molecule has 10 heteroatoms. The average molecular weight is 547 g/mol. The van der Waals surface area contributed by atoms with Crippen molar-refractivity contribution >= 4 is 40.8 Å². The third-order valence-electron chi connectivity index (χ3n) is 6.72. The van der Waals surface area contributed by atoms with Crippen LogP contribution in [0.15, 0.2) is 48.7 Å². The molecular weight excluding hydrogens is 521 g/mol. The maximum atomic E-state index is 15.3. The molecule has 2 aliphatic heterocycles. The minimum absolute atomic E-state index is 0.0127. The van der Waals surface area contributed by atoms with Gasteiger partial charge in [-0.25, -0.2) is 9.37 Å². The highest BCUT2D eigenvalue weighted by Gasteiger charge is 2.33. The van der Waals surface area contributed by atoms with Crippen LogP contribution < -0.4 is 15.4 Å². The second-order valence-electron chi connectivity index (χ2n) is 9.21. The number of amidine groups is 1. The molecule has 0 radical (unpaired) electrons. The molecule has 2 saturated heterocycles. The molecule has 2 fully saturated rings. The second kappa shape index (κ2) is 11.1. The quantitative estimate of drug-likeness (QED) is 0.274. The molecule has 198 valence electrons. The molecular formula is C29H26ClFN5O3+. The SMILES string of the molecule is C#Cc1ccc(NC(=O)c2cc(Cl)cc(OC)c2NC(=O)c2ccc(C(N3CCC3)=[N+]3CCC3)cc2F)nc1. The van der Waals surface area contributed by atoms with E-state index in [1.54, 1.807) is 18.2 Å². The first-order valence-electron chi connectivity index (χ1n) is 12.5. The van der Waals surface area contributed by atoms with Gasteiger partial charge in [-0.1, -0.05) is 17.5 Å². The van der Waals surface area contributed by atoms with Gasteiger partial charge in [0.1, 0.15) is 17.4 Å². The van der Waals surface area contributed by atoms with Gasteiger partial charge in [0.2, 0.25) is 0 Å². The number of ether oxygens (including phenoxy) is 1. The summed E-state index contributed by atoms with van der Waals surface area (Å²) in [6.45, 7) is 3.72. The number of benzene rings is 2. The summed E-state index contributed by atoms with van der Waals surface area (Å²) in [4.78, 5) is 32.8. The van der Waals surface area contributed by atoms with Crippen molar-refractivity contribution in [2.45, 2.75) is 12.8 Å². The van der Waals surface area contributed by atoms with Crippen molar-refractivity contribution in [3.8, 4) is 18.1 Å². The van der Waals surface area contributed by atoms with E-state index in [0.29, 0.717) is 5.56 Å². The number of amides is 2. The molecule has 0 bridgehead atoms. The third kappa shape index (κ3) is 5.42. The molecule has 2 amide bonds. The number of hydrogen-bond acceptors (Lipinski definition) is 4. The summed E-state index contributed by atoms with van der Waals surface area (Å²) >= 11 is 6.22. The van der Waals surface area contributed by atoms with Crippen molar-refractivity contribution in [3.63, 3.8) is 0 Å². The summed E-state index contributed by atoms with van der Waals surface area (Å²) in [5, 5.41) is 5.50. The summed E-state index contributed by atoms with van der Waals surface area (Å²) in [6, 6.07) is 10.6. The Morgan fingerprint density at radius 2 is 1.85 bits per heavy atom. The van der Waals surface area contributed by atoms with Gasteiger partial charge >= 0.3 is 0 Å². The Balaban J connectivity index is 1.42. The zero-order valence-electron chi connectivity index (χ0n) is 21.3. The predicted octanol–water partition coefficient (Wildman–Crippen LogP) is 4.24. The minimum Gasteiger partial charge on any atom is -0.494 e. The van der Waals surface area contributed by atoms with Gasteiger partial charge in [0.05, 0.1) is 55.7 Å². The van der Waals surface area contributed by atoms with Crippen LogP contribution in [0.1, 0.15) is 44.7 Å². The molecule has 2 aromatic carbocycles. The molecule has 2 N–H and O–H groups in total. The van der Waals surface area contributed by atoms with Crippen molar-refractivity contribution in [2.75, 3.05) is 43.9 Å². The molecule has 39 heavy (non-hydrogen) atoms. The largest absolute Gasteiger partial charge is 0.494 e. The van der Waals surface area contributed by atoms with Crippen LogP contribution in [-0.2, 0) is 0 Å². The number of carbonyl (C=O) groups is 2. The number of nitrogens with one attached hydrogen (secondary N) is 2. The summed E-state index contributed by atoms with van der Waals surface area (Å²) in [6.07, 6.45) is 9.00. The smallest absolute Gasteiger partial charge is 0.279 e. The molecule has 0 unspecified atom stereocenters. The van der Waals surface area contributed by atoms with E-state index in [9.17, 15) is 9.59 Å². The lowest BCUT2D eigenvalue weighted by molar-refractivity contribution is -0.587. The molecule has 3 heterocycles. The maximum absolute atomic E-state index is 15.3. The summed E-state index contributed by atoms with van der Waals surface area (Å²) < 4.78 is 22.9. The van der Waals surface area contributed by atoms with E-state index in [2.05, 4.69) is 31.0 Å². The van der Waals surface area contributed by atoms with E-state index in [0.717, 1.165) is 50.4 Å². The van der Waals surface area contributed by atoms with E-state index < -0.39 is 17.6 Å². The predicted molar refractivity (Wildman–Crippen MR) is 147 cm³/mol. The van der Waals surface area contributed by atoms with Crippen LogP contribution in [0.2, 0.25) is 5.02 Å². The van der Waals surface area contributed by atoms with Gasteiger partial charge in [0, 0.05) is 35.7 Å². The fourth-order valence-electron chi connectivity index (χ4n) is 4.43. The minimum atomic E-state index is -0.736. The first-order valence-corrected chi connectivity index (χ1v) is 12.9. The Labute approximate surface area is 230 Å². The summed E-state index contributed by atoms with van der Waals surface area (Å²) in [7, 11) is 1.38. The number of terminal acetylenes is 1. The Morgan fingerprint density at radius 3 is 2.41 bits per heavy atom. The lowest BCUT2D eigenvalue weighted by atomic mass is 10.0. The number of aromatic nitrogens is 1. The van der Waals surface area contributed by atoms with Gasteiger partial charge in [-0.05, 0) is 36.4 Å². The van der Waals surface area contributed by atoms with Crippen molar-refractivity contribution in [3.05, 3.63) is 81.8 Å². The topological polar surface area (TPSA) is 86.6 Å². The standard InChI is InChI=1S/C29H25ClFN5O3/c1-3-18-6-9-25(32-17-18)33-28(38)22-15-20(30)16-24(39-2)26(22)34-27(37)21-8-7-19(14-23(21)31)29(35-10-4-11-35)36-12-5-13-36/h1,6-9,14-17H,4-5,10-13H2,2H3,(H-,32,33,34,37,38)/p+1. The van der Waals surface area contributed by atoms with Gasteiger partial charge in [-0.2, -0.15) is 0 Å². The van der Waals surface area contributed by atoms with E-state index in [4.69, 9.17) is 22.8 Å². The van der Waals surface area contributed by atoms with Gasteiger partial charge in [0.15, 0.2) is 0 Å². The maximum Gasteiger partial charge on any atom is 0.279 e. The zero-order chi connectivity index (χ0) is 27.5. The van der Waals surface area contributed by atoms with Crippen molar-refractivity contribution in [2.24, 2.45) is 0 Å². The molecule has 0 aliphatic carbocycles. The van der Waals surface area contributed by atoms with E-state index in [1.807, 2.05) is 0 Å². The Bertz CT molecular complexity index is 1520. The number of halogens is 2. The number of likely N-dealkylation sites (tertiary alicyclic amines) is 1. The first-order chi connectivity index (χ1) is 18.9. The van der Waals surface area contributed by atoms with Crippen LogP contribution in [0.5, 0.6) is 5.75 Å². The Morgan fingerprint density at radius 1 is 1.08 bits per heavy atom. The fourth-order valence-corrected chi connectivity index (χ4v) is 4.64. The summed E-state index contributed by atoms with van der Waals surface area (Å²) in [5.41, 5.74) is 1.18. The molecule has 0 atom stereocenters. The highest BCUT2D eigenvalue weighted by Crippen LogP contribution is 2.34. The molecule has 0 spiro atoms. The summed E-state index contributed by atoms with van der Waals surface area (Å²) in [5.74, 6) is 1.83. The molecule has 0 saturated carbocycles. The number of nitrogens with zero attached hydrogens (tertiary/aromatic N) is 3. The lowest BCUT2D eigenvalue weighted by Gasteiger charge is -2.31. The number of rotatable bonds is 6. The average Bonchev–Trinajstić information content (AvgIpc) is 2.87. The van der Waals surface area contributed by atoms with Crippen LogP contribution in [0, 0.1) is 18.2 Å². The highest BCUT2D eigenvalue weighted by atomic mass is 35.5. The van der Waals surface area contributed by atoms with Crippen LogP contribution in [-0.4, -0.2) is 65.4 Å². The van der Waals surface area contributed by atoms with E-state index in [-0.39, 0.29) is 33.4 Å². The molecule has 2 aliphatic rings. The van der Waals surface area contributed by atoms with Crippen molar-refractivity contribution < 1.29 is 23.3 Å². The molecule has 8 nitrogen and oxygen atoms in total. The monoisotopic (exact) mass is 546 g/mol. The Kier molecular flexibility index (Phi) is 7.48. The normalized spacial score (nSPS) is 14.0. The van der Waals surface area contributed by atoms with Gasteiger partial charge in [0.25, 0.3) is 17.6 Å². The van der Waals surface area contributed by atoms with Gasteiger partial charge in [-0.15, -0.1) is 6.42 Å². The third-order valence-corrected chi connectivity index (χ3v) is 6.94. The second-order valence-corrected chi connectivity index (χ2v) is 9.65. The highest BCUT2D eigenvalue weighted by molar-refractivity contribution is 6.31. The molecule has 5 rings (SSSR count). The van der Waals surface area contributed by atoms with Gasteiger partial charge in [-0.3, -0.25) is 19.1 Å². The van der Waals surface area contributed by atoms with Gasteiger partial charge < -0.3 is 15.4 Å². The number of methoxy groups -OCH3 is 1. The zero-order valence-corrected chi connectivity index (χ0v) is 22.0. The number of anilines is 2. The first kappa shape index (κ1) is 26.2. The van der Waals surface area contributed by atoms with Crippen LogP contribution >= 0.6 is 11.6 Å². The van der Waals surface area contributed by atoms with Crippen LogP contribution in [0.4, 0.5) is 15.9 Å². The fraction of sp³-hybridized carbons (Fsp3) is 0.241. The van der Waals surface area contributed by atoms with Crippen LogP contribution in [0.3, 0.4) is 0 Å². The van der Waals surface area contributed by atoms with E-state index in [1.165, 1.54) is 37.6 Å². The van der Waals surface area contributed by atoms with Crippen molar-refractivity contribution in [1.29, 1.82) is 0 Å². The van der Waals surface area contributed by atoms with Crippen LogP contribution in [0.25, 0.3) is 0 Å². The Hall–Kier alpha value is -4.42. The number of carbonyl (C=O) groups excluding carboxylic acids is 2. The lowest BCUT2D eigenvalue weighted by Crippen LogP contribution is -2.49. The van der Waals surface area contributed by atoms with Crippen molar-refractivity contribution in [1.82, 2.24) is 9.88 Å². The molecule has 3 aromatic rings. The number of hydrogen-bond donors (Lipinski definition) is 2. The number of pyridine rings is 1. The van der Waals surface area contributed by atoms with E-state index >= 15 is 4.39 Å². The molecule has 1 aromatic heterocycles.